The molecule has 0 bridgehead atoms. The van der Waals surface area contributed by atoms with Crippen molar-refractivity contribution < 1.29 is 0 Å². The molecule has 0 saturated carbocycles. The van der Waals surface area contributed by atoms with Gasteiger partial charge in [0.1, 0.15) is 0 Å². The Hall–Kier alpha value is -2.84. The molecule has 0 spiro atoms. The number of benzene rings is 2. The van der Waals surface area contributed by atoms with Gasteiger partial charge in [0.25, 0.3) is 0 Å². The Labute approximate surface area is 192 Å². The number of rotatable bonds is 4. The molecule has 1 aromatic heterocycles. The highest BCUT2D eigenvalue weighted by Crippen LogP contribution is 2.38. The van der Waals surface area contributed by atoms with E-state index in [2.05, 4.69) is 16.0 Å². The van der Waals surface area contributed by atoms with Gasteiger partial charge in [-0.3, -0.25) is 4.98 Å². The first-order valence-electron chi connectivity index (χ1n) is 10.2. The fraction of sp³-hybridized carbons (Fsp3) is 0.200. The standard InChI is InChI=1S/C25H22Cl2N4/c26-21-11-20(12-22(27)13-21)24-16-30-15-19(25(24)31-8-6-23(29)7-9-31)5-4-17-2-1-3-18(10-17)14-28/h1-5,10-13,15-16,23H,6-9,29H2. The van der Waals surface area contributed by atoms with Crippen LogP contribution in [-0.4, -0.2) is 24.1 Å². The van der Waals surface area contributed by atoms with Crippen molar-refractivity contribution in [2.45, 2.75) is 18.9 Å². The Bertz CT molecular complexity index is 1140. The van der Waals surface area contributed by atoms with E-state index < -0.39 is 0 Å². The second-order valence-corrected chi connectivity index (χ2v) is 8.55. The SMILES string of the molecule is N#Cc1cccc(C=Cc2cncc(-c3cc(Cl)cc(Cl)c3)c2N2CCC(N)CC2)c1. The van der Waals surface area contributed by atoms with Gasteiger partial charge in [-0.1, -0.05) is 47.5 Å². The van der Waals surface area contributed by atoms with Crippen molar-refractivity contribution >= 4 is 41.0 Å². The first kappa shape index (κ1) is 21.4. The van der Waals surface area contributed by atoms with Crippen molar-refractivity contribution in [2.24, 2.45) is 5.73 Å². The predicted octanol–water partition coefficient (Wildman–Crippen LogP) is 6.02. The van der Waals surface area contributed by atoms with Crippen LogP contribution < -0.4 is 10.6 Å². The number of halogens is 2. The molecule has 4 rings (SSSR count). The minimum atomic E-state index is 0.231. The normalized spacial score (nSPS) is 14.7. The van der Waals surface area contributed by atoms with Crippen molar-refractivity contribution in [3.8, 4) is 17.2 Å². The van der Waals surface area contributed by atoms with Gasteiger partial charge in [-0.05, 0) is 54.3 Å². The van der Waals surface area contributed by atoms with Gasteiger partial charge in [0.2, 0.25) is 0 Å². The van der Waals surface area contributed by atoms with Crippen LogP contribution in [0.4, 0.5) is 5.69 Å². The average Bonchev–Trinajstić information content (AvgIpc) is 2.77. The third-order valence-electron chi connectivity index (χ3n) is 5.45. The van der Waals surface area contributed by atoms with E-state index in [9.17, 15) is 0 Å². The lowest BCUT2D eigenvalue weighted by atomic mass is 9.98. The van der Waals surface area contributed by atoms with Gasteiger partial charge in [-0.25, -0.2) is 0 Å². The van der Waals surface area contributed by atoms with Crippen LogP contribution in [0.2, 0.25) is 10.0 Å². The molecule has 156 valence electrons. The maximum Gasteiger partial charge on any atom is 0.0991 e. The summed E-state index contributed by atoms with van der Waals surface area (Å²) in [6, 6.07) is 15.5. The number of anilines is 1. The minimum Gasteiger partial charge on any atom is -0.370 e. The van der Waals surface area contributed by atoms with E-state index in [0.29, 0.717) is 15.6 Å². The second-order valence-electron chi connectivity index (χ2n) is 7.68. The van der Waals surface area contributed by atoms with Crippen LogP contribution in [0.25, 0.3) is 23.3 Å². The average molecular weight is 449 g/mol. The molecule has 1 fully saturated rings. The Balaban J connectivity index is 1.80. The fourth-order valence-electron chi connectivity index (χ4n) is 3.89. The second kappa shape index (κ2) is 9.53. The maximum atomic E-state index is 9.17. The van der Waals surface area contributed by atoms with Crippen LogP contribution in [0.15, 0.2) is 54.9 Å². The quantitative estimate of drug-likeness (QED) is 0.529. The number of nitrogens with two attached hydrogens (primary N) is 1. The van der Waals surface area contributed by atoms with E-state index in [1.807, 2.05) is 54.9 Å². The summed E-state index contributed by atoms with van der Waals surface area (Å²) in [5.74, 6) is 0. The number of hydrogen-bond donors (Lipinski definition) is 1. The van der Waals surface area contributed by atoms with Crippen molar-refractivity contribution in [1.29, 1.82) is 5.26 Å². The van der Waals surface area contributed by atoms with Gasteiger partial charge in [0.05, 0.1) is 17.3 Å². The van der Waals surface area contributed by atoms with E-state index >= 15 is 0 Å². The van der Waals surface area contributed by atoms with Crippen molar-refractivity contribution in [2.75, 3.05) is 18.0 Å². The van der Waals surface area contributed by atoms with Crippen molar-refractivity contribution in [1.82, 2.24) is 4.98 Å². The van der Waals surface area contributed by atoms with Crippen LogP contribution in [0.5, 0.6) is 0 Å². The van der Waals surface area contributed by atoms with Crippen molar-refractivity contribution in [3.05, 3.63) is 81.6 Å². The van der Waals surface area contributed by atoms with Gasteiger partial charge >= 0.3 is 0 Å². The zero-order chi connectivity index (χ0) is 21.8. The zero-order valence-corrected chi connectivity index (χ0v) is 18.4. The van der Waals surface area contributed by atoms with Crippen LogP contribution in [0.1, 0.15) is 29.5 Å². The maximum absolute atomic E-state index is 9.17. The Kier molecular flexibility index (Phi) is 6.58. The van der Waals surface area contributed by atoms with Gasteiger partial charge in [0, 0.05) is 52.7 Å². The lowest BCUT2D eigenvalue weighted by Crippen LogP contribution is -2.40. The topological polar surface area (TPSA) is 65.9 Å². The van der Waals surface area contributed by atoms with E-state index in [1.54, 1.807) is 12.1 Å². The van der Waals surface area contributed by atoms with Crippen LogP contribution in [0, 0.1) is 11.3 Å². The molecule has 4 nitrogen and oxygen atoms in total. The molecule has 1 aliphatic heterocycles. The van der Waals surface area contributed by atoms with Crippen LogP contribution >= 0.6 is 23.2 Å². The molecule has 31 heavy (non-hydrogen) atoms. The molecule has 2 aromatic carbocycles. The monoisotopic (exact) mass is 448 g/mol. The molecule has 0 unspecified atom stereocenters. The summed E-state index contributed by atoms with van der Waals surface area (Å²) in [6.07, 6.45) is 9.65. The predicted molar refractivity (Wildman–Crippen MR) is 129 cm³/mol. The van der Waals surface area contributed by atoms with E-state index in [-0.39, 0.29) is 6.04 Å². The number of aromatic nitrogens is 1. The minimum absolute atomic E-state index is 0.231. The summed E-state index contributed by atoms with van der Waals surface area (Å²) in [7, 11) is 0. The zero-order valence-electron chi connectivity index (χ0n) is 16.9. The van der Waals surface area contributed by atoms with E-state index in [0.717, 1.165) is 53.9 Å². The van der Waals surface area contributed by atoms with Gasteiger partial charge in [-0.15, -0.1) is 0 Å². The molecule has 0 radical (unpaired) electrons. The van der Waals surface area contributed by atoms with Gasteiger partial charge in [0.15, 0.2) is 0 Å². The lowest BCUT2D eigenvalue weighted by molar-refractivity contribution is 0.501. The molecule has 0 amide bonds. The van der Waals surface area contributed by atoms with Crippen LogP contribution in [-0.2, 0) is 0 Å². The molecular formula is C25H22Cl2N4. The molecule has 0 aliphatic carbocycles. The lowest BCUT2D eigenvalue weighted by Gasteiger charge is -2.34. The number of nitrogens with zero attached hydrogens (tertiary/aromatic N) is 3. The van der Waals surface area contributed by atoms with Gasteiger partial charge < -0.3 is 10.6 Å². The third kappa shape index (κ3) is 5.08. The summed E-state index contributed by atoms with van der Waals surface area (Å²) < 4.78 is 0. The molecule has 2 N–H and O–H groups in total. The molecule has 2 heterocycles. The highest BCUT2D eigenvalue weighted by atomic mass is 35.5. The highest BCUT2D eigenvalue weighted by molar-refractivity contribution is 6.35. The molecule has 3 aromatic rings. The van der Waals surface area contributed by atoms with E-state index in [4.69, 9.17) is 34.2 Å². The highest BCUT2D eigenvalue weighted by Gasteiger charge is 2.22. The number of nitriles is 1. The molecule has 0 atom stereocenters. The largest absolute Gasteiger partial charge is 0.370 e. The van der Waals surface area contributed by atoms with Crippen molar-refractivity contribution in [3.63, 3.8) is 0 Å². The molecule has 6 heteroatoms. The molecular weight excluding hydrogens is 427 g/mol. The Morgan fingerprint density at radius 1 is 1.03 bits per heavy atom. The summed E-state index contributed by atoms with van der Waals surface area (Å²) in [5.41, 5.74) is 11.7. The smallest absolute Gasteiger partial charge is 0.0991 e. The Morgan fingerprint density at radius 2 is 1.77 bits per heavy atom. The first-order valence-corrected chi connectivity index (χ1v) is 10.9. The van der Waals surface area contributed by atoms with Gasteiger partial charge in [-0.2, -0.15) is 5.26 Å². The molecule has 1 aliphatic rings. The Morgan fingerprint density at radius 3 is 2.48 bits per heavy atom. The fourth-order valence-corrected chi connectivity index (χ4v) is 4.41. The number of piperidine rings is 1. The number of hydrogen-bond acceptors (Lipinski definition) is 4. The third-order valence-corrected chi connectivity index (χ3v) is 5.88. The molecule has 1 saturated heterocycles. The summed E-state index contributed by atoms with van der Waals surface area (Å²) in [6.45, 7) is 1.74. The van der Waals surface area contributed by atoms with Crippen LogP contribution in [0.3, 0.4) is 0 Å². The first-order chi connectivity index (χ1) is 15.0. The summed E-state index contributed by atoms with van der Waals surface area (Å²) in [4.78, 5) is 6.86. The van der Waals surface area contributed by atoms with E-state index in [1.165, 1.54) is 0 Å². The summed E-state index contributed by atoms with van der Waals surface area (Å²) in [5, 5.41) is 10.3. The number of pyridine rings is 1. The summed E-state index contributed by atoms with van der Waals surface area (Å²) >= 11 is 12.6.